The molecule has 1 aliphatic rings. The molecule has 0 radical (unpaired) electrons. The van der Waals surface area contributed by atoms with Crippen molar-refractivity contribution in [2.45, 2.75) is 0 Å². The van der Waals surface area contributed by atoms with Crippen molar-refractivity contribution in [1.82, 2.24) is 15.2 Å². The second-order valence-corrected chi connectivity index (χ2v) is 9.35. The maximum Gasteiger partial charge on any atom is 0.252 e. The zero-order chi connectivity index (χ0) is 21.8. The van der Waals surface area contributed by atoms with Crippen LogP contribution in [-0.2, 0) is 0 Å². The molecule has 0 aliphatic carbocycles. The van der Waals surface area contributed by atoms with Crippen molar-refractivity contribution in [3.8, 4) is 11.5 Å². The van der Waals surface area contributed by atoms with Crippen LogP contribution >= 0.6 is 46.3 Å². The van der Waals surface area contributed by atoms with E-state index in [2.05, 4.69) is 37.7 Å². The van der Waals surface area contributed by atoms with E-state index in [1.165, 1.54) is 0 Å². The average molecular weight is 589 g/mol. The van der Waals surface area contributed by atoms with Crippen LogP contribution in [0.2, 0.25) is 0 Å². The summed E-state index contributed by atoms with van der Waals surface area (Å²) in [5.41, 5.74) is 1.58. The first-order valence-electron chi connectivity index (χ1n) is 10.1. The first-order chi connectivity index (χ1) is 15.1. The lowest BCUT2D eigenvalue weighted by atomic mass is 10.2. The largest absolute Gasteiger partial charge is 0.495 e. The summed E-state index contributed by atoms with van der Waals surface area (Å²) in [5.74, 6) is 1.57. The van der Waals surface area contributed by atoms with E-state index in [-0.39, 0.29) is 18.3 Å². The van der Waals surface area contributed by atoms with Gasteiger partial charge in [-0.1, -0.05) is 23.5 Å². The number of rotatable bonds is 7. The second kappa shape index (κ2) is 11.4. The molecule has 2 heterocycles. The van der Waals surface area contributed by atoms with E-state index in [4.69, 9.17) is 14.5 Å². The van der Waals surface area contributed by atoms with Gasteiger partial charge in [-0.3, -0.25) is 9.69 Å². The van der Waals surface area contributed by atoms with E-state index in [1.807, 2.05) is 36.4 Å². The van der Waals surface area contributed by atoms with Gasteiger partial charge in [0.15, 0.2) is 5.13 Å². The molecule has 3 aromatic rings. The van der Waals surface area contributed by atoms with Gasteiger partial charge < -0.3 is 19.7 Å². The van der Waals surface area contributed by atoms with Crippen LogP contribution in [0.25, 0.3) is 10.2 Å². The highest BCUT2D eigenvalue weighted by Crippen LogP contribution is 2.40. The number of aromatic nitrogens is 1. The summed E-state index contributed by atoms with van der Waals surface area (Å²) in [7, 11) is 3.34. The third kappa shape index (κ3) is 5.38. The molecule has 1 aromatic heterocycles. The van der Waals surface area contributed by atoms with E-state index >= 15 is 0 Å². The summed E-state index contributed by atoms with van der Waals surface area (Å²) in [4.78, 5) is 21.9. The molecule has 1 fully saturated rings. The predicted octanol–water partition coefficient (Wildman–Crippen LogP) is 3.89. The summed E-state index contributed by atoms with van der Waals surface area (Å²) in [6.45, 7) is 5.14. The monoisotopic (exact) mass is 588 g/mol. The number of carbonyl (C=O) groups is 1. The zero-order valence-corrected chi connectivity index (χ0v) is 21.8. The summed E-state index contributed by atoms with van der Waals surface area (Å²) < 4.78 is 13.0. The summed E-state index contributed by atoms with van der Waals surface area (Å²) >= 11 is 3.83. The van der Waals surface area contributed by atoms with Crippen molar-refractivity contribution in [2.24, 2.45) is 0 Å². The summed E-state index contributed by atoms with van der Waals surface area (Å²) in [6.07, 6.45) is 0. The Morgan fingerprint density at radius 3 is 2.47 bits per heavy atom. The number of ether oxygens (including phenoxy) is 2. The molecule has 7 nitrogen and oxygen atoms in total. The Balaban J connectivity index is 0.00000289. The molecule has 1 saturated heterocycles. The van der Waals surface area contributed by atoms with E-state index in [1.54, 1.807) is 25.6 Å². The van der Waals surface area contributed by atoms with Crippen LogP contribution in [0, 0.1) is 3.57 Å². The first-order valence-corrected chi connectivity index (χ1v) is 12.0. The van der Waals surface area contributed by atoms with E-state index in [9.17, 15) is 4.79 Å². The fourth-order valence-corrected chi connectivity index (χ4v) is 5.40. The number of benzene rings is 2. The van der Waals surface area contributed by atoms with Crippen LogP contribution < -0.4 is 19.7 Å². The number of hydrogen-bond acceptors (Lipinski definition) is 7. The number of piperazine rings is 1. The van der Waals surface area contributed by atoms with Gasteiger partial charge in [-0.15, -0.1) is 12.4 Å². The molecular weight excluding hydrogens is 563 g/mol. The molecule has 2 aromatic carbocycles. The molecular formula is C22H26ClIN4O3S. The van der Waals surface area contributed by atoms with Gasteiger partial charge in [0.05, 0.1) is 19.8 Å². The maximum absolute atomic E-state index is 12.4. The minimum Gasteiger partial charge on any atom is -0.495 e. The molecule has 0 bridgehead atoms. The van der Waals surface area contributed by atoms with Crippen LogP contribution in [0.1, 0.15) is 10.4 Å². The SMILES string of the molecule is COc1ccc(OC)c2sc(N3CCN(CCNC(=O)c4ccccc4I)CC3)nc12.Cl. The number of halogens is 2. The van der Waals surface area contributed by atoms with Crippen LogP contribution in [0.5, 0.6) is 11.5 Å². The fraction of sp³-hybridized carbons (Fsp3) is 0.364. The third-order valence-electron chi connectivity index (χ3n) is 5.37. The van der Waals surface area contributed by atoms with Crippen molar-refractivity contribution in [3.05, 3.63) is 45.5 Å². The number of fused-ring (bicyclic) bond motifs is 1. The number of nitrogens with one attached hydrogen (secondary N) is 1. The molecule has 172 valence electrons. The van der Waals surface area contributed by atoms with Gasteiger partial charge >= 0.3 is 0 Å². The minimum absolute atomic E-state index is 0. The van der Waals surface area contributed by atoms with Gasteiger partial charge in [-0.25, -0.2) is 4.98 Å². The van der Waals surface area contributed by atoms with Crippen LogP contribution in [-0.4, -0.2) is 69.3 Å². The molecule has 1 aliphatic heterocycles. The van der Waals surface area contributed by atoms with Crippen molar-refractivity contribution in [1.29, 1.82) is 0 Å². The number of amides is 1. The van der Waals surface area contributed by atoms with Gasteiger partial charge in [0.1, 0.15) is 21.7 Å². The van der Waals surface area contributed by atoms with E-state index in [0.29, 0.717) is 6.54 Å². The predicted molar refractivity (Wildman–Crippen MR) is 140 cm³/mol. The topological polar surface area (TPSA) is 66.9 Å². The van der Waals surface area contributed by atoms with Crippen LogP contribution in [0.15, 0.2) is 36.4 Å². The maximum atomic E-state index is 12.4. The lowest BCUT2D eigenvalue weighted by Crippen LogP contribution is -2.48. The number of methoxy groups -OCH3 is 2. The Hall–Kier alpha value is -1.82. The molecule has 1 N–H and O–H groups in total. The van der Waals surface area contributed by atoms with Crippen molar-refractivity contribution in [2.75, 3.05) is 58.4 Å². The van der Waals surface area contributed by atoms with E-state index < -0.39 is 0 Å². The Bertz CT molecular complexity index is 1030. The molecule has 0 saturated carbocycles. The van der Waals surface area contributed by atoms with Crippen LogP contribution in [0.3, 0.4) is 0 Å². The van der Waals surface area contributed by atoms with Crippen molar-refractivity contribution >= 4 is 67.6 Å². The third-order valence-corrected chi connectivity index (χ3v) is 7.45. The Morgan fingerprint density at radius 1 is 1.09 bits per heavy atom. The highest BCUT2D eigenvalue weighted by Gasteiger charge is 2.22. The van der Waals surface area contributed by atoms with Crippen molar-refractivity contribution < 1.29 is 14.3 Å². The van der Waals surface area contributed by atoms with E-state index in [0.717, 1.165) is 68.7 Å². The number of hydrogen-bond donors (Lipinski definition) is 1. The normalized spacial score (nSPS) is 14.2. The average Bonchev–Trinajstić information content (AvgIpc) is 3.24. The molecule has 32 heavy (non-hydrogen) atoms. The standard InChI is InChI=1S/C22H25IN4O3S.ClH/c1-29-17-7-8-18(30-2)20-19(17)25-22(31-20)27-13-11-26(12-14-27)10-9-24-21(28)15-5-3-4-6-16(15)23;/h3-8H,9-14H2,1-2H3,(H,24,28);1H. The lowest BCUT2D eigenvalue weighted by Gasteiger charge is -2.34. The molecule has 10 heteroatoms. The molecule has 1 amide bonds. The molecule has 0 spiro atoms. The first kappa shape index (κ1) is 24.8. The van der Waals surface area contributed by atoms with Gasteiger partial charge in [0.25, 0.3) is 5.91 Å². The highest BCUT2D eigenvalue weighted by molar-refractivity contribution is 14.1. The summed E-state index contributed by atoms with van der Waals surface area (Å²) in [5, 5.41) is 4.03. The number of thiazole rings is 1. The lowest BCUT2D eigenvalue weighted by molar-refractivity contribution is 0.0947. The molecule has 4 rings (SSSR count). The number of carbonyl (C=O) groups excluding carboxylic acids is 1. The molecule has 0 atom stereocenters. The van der Waals surface area contributed by atoms with Gasteiger partial charge in [-0.05, 0) is 46.9 Å². The molecule has 0 unspecified atom stereocenters. The van der Waals surface area contributed by atoms with Gasteiger partial charge in [0, 0.05) is 42.8 Å². The second-order valence-electron chi connectivity index (χ2n) is 7.21. The van der Waals surface area contributed by atoms with Gasteiger partial charge in [0.2, 0.25) is 0 Å². The number of nitrogens with zero attached hydrogens (tertiary/aromatic N) is 3. The highest BCUT2D eigenvalue weighted by atomic mass is 127. The summed E-state index contributed by atoms with van der Waals surface area (Å²) in [6, 6.07) is 11.5. The smallest absolute Gasteiger partial charge is 0.252 e. The zero-order valence-electron chi connectivity index (χ0n) is 18.0. The van der Waals surface area contributed by atoms with Crippen molar-refractivity contribution in [3.63, 3.8) is 0 Å². The van der Waals surface area contributed by atoms with Gasteiger partial charge in [-0.2, -0.15) is 0 Å². The quantitative estimate of drug-likeness (QED) is 0.423. The Labute approximate surface area is 211 Å². The minimum atomic E-state index is -0.0130. The Kier molecular flexibility index (Phi) is 8.80. The fourth-order valence-electron chi connectivity index (χ4n) is 3.64. The number of anilines is 1. The van der Waals surface area contributed by atoms with Crippen LogP contribution in [0.4, 0.5) is 5.13 Å². The Morgan fingerprint density at radius 2 is 1.78 bits per heavy atom.